The van der Waals surface area contributed by atoms with E-state index in [0.29, 0.717) is 12.1 Å². The summed E-state index contributed by atoms with van der Waals surface area (Å²) in [6.45, 7) is 4.67. The van der Waals surface area contributed by atoms with Crippen LogP contribution in [0.15, 0.2) is 54.6 Å². The molecule has 1 N–H and O–H groups in total. The fourth-order valence-corrected chi connectivity index (χ4v) is 3.72. The van der Waals surface area contributed by atoms with Crippen molar-refractivity contribution < 1.29 is 5.11 Å². The van der Waals surface area contributed by atoms with Crippen LogP contribution in [-0.4, -0.2) is 22.7 Å². The maximum Gasteiger partial charge on any atom is 0.0628 e. The standard InChI is InChI=1S/C19H23NO/c1-14-12-17-10-6-7-11-18(17)15(2)20(14)19(13-21)16-8-4-3-5-9-16/h3-11,14-15,19,21H,12-13H2,1-2H3/t14-,15+,19+/m1/s1. The van der Waals surface area contributed by atoms with Crippen LogP contribution in [0.3, 0.4) is 0 Å². The number of hydrogen-bond acceptors (Lipinski definition) is 2. The average Bonchev–Trinajstić information content (AvgIpc) is 2.52. The second-order valence-electron chi connectivity index (χ2n) is 5.98. The molecule has 2 heteroatoms. The molecule has 0 amide bonds. The van der Waals surface area contributed by atoms with Crippen LogP contribution in [0.2, 0.25) is 0 Å². The van der Waals surface area contributed by atoms with E-state index in [1.165, 1.54) is 16.7 Å². The van der Waals surface area contributed by atoms with E-state index in [9.17, 15) is 5.11 Å². The van der Waals surface area contributed by atoms with Gasteiger partial charge in [0.1, 0.15) is 0 Å². The lowest BCUT2D eigenvalue weighted by Gasteiger charge is -2.44. The van der Waals surface area contributed by atoms with E-state index in [1.54, 1.807) is 0 Å². The van der Waals surface area contributed by atoms with Crippen LogP contribution in [0.1, 0.15) is 42.6 Å². The van der Waals surface area contributed by atoms with E-state index >= 15 is 0 Å². The molecule has 1 aliphatic heterocycles. The zero-order valence-electron chi connectivity index (χ0n) is 12.7. The molecule has 0 saturated carbocycles. The van der Waals surface area contributed by atoms with Gasteiger partial charge in [0.25, 0.3) is 0 Å². The van der Waals surface area contributed by atoms with E-state index in [2.05, 4.69) is 55.1 Å². The largest absolute Gasteiger partial charge is 0.394 e. The smallest absolute Gasteiger partial charge is 0.0628 e. The Hall–Kier alpha value is -1.64. The van der Waals surface area contributed by atoms with E-state index in [0.717, 1.165) is 6.42 Å². The topological polar surface area (TPSA) is 23.5 Å². The summed E-state index contributed by atoms with van der Waals surface area (Å²) in [6, 6.07) is 19.8. The lowest BCUT2D eigenvalue weighted by Crippen LogP contribution is -2.44. The highest BCUT2D eigenvalue weighted by molar-refractivity contribution is 5.34. The molecule has 2 nitrogen and oxygen atoms in total. The van der Waals surface area contributed by atoms with Gasteiger partial charge in [0, 0.05) is 12.1 Å². The van der Waals surface area contributed by atoms with Crippen LogP contribution < -0.4 is 0 Å². The van der Waals surface area contributed by atoms with Crippen molar-refractivity contribution in [3.63, 3.8) is 0 Å². The first-order valence-electron chi connectivity index (χ1n) is 7.73. The molecule has 3 rings (SSSR count). The van der Waals surface area contributed by atoms with Gasteiger partial charge in [0.2, 0.25) is 0 Å². The van der Waals surface area contributed by atoms with Crippen molar-refractivity contribution in [2.75, 3.05) is 6.61 Å². The second-order valence-corrected chi connectivity index (χ2v) is 5.98. The highest BCUT2D eigenvalue weighted by atomic mass is 16.3. The average molecular weight is 281 g/mol. The first kappa shape index (κ1) is 14.3. The SMILES string of the molecule is C[C@@H]1Cc2ccccc2[C@H](C)N1[C@@H](CO)c1ccccc1. The molecule has 0 aromatic heterocycles. The van der Waals surface area contributed by atoms with Crippen molar-refractivity contribution in [1.29, 1.82) is 0 Å². The molecule has 1 aliphatic rings. The molecule has 0 fully saturated rings. The number of aliphatic hydroxyl groups is 1. The molecule has 21 heavy (non-hydrogen) atoms. The van der Waals surface area contributed by atoms with Crippen molar-refractivity contribution in [3.8, 4) is 0 Å². The van der Waals surface area contributed by atoms with Gasteiger partial charge in [0.15, 0.2) is 0 Å². The zero-order valence-corrected chi connectivity index (χ0v) is 12.7. The van der Waals surface area contributed by atoms with Gasteiger partial charge in [-0.15, -0.1) is 0 Å². The lowest BCUT2D eigenvalue weighted by atomic mass is 9.87. The van der Waals surface area contributed by atoms with E-state index < -0.39 is 0 Å². The molecule has 1 heterocycles. The Morgan fingerprint density at radius 1 is 1.05 bits per heavy atom. The Morgan fingerprint density at radius 2 is 1.71 bits per heavy atom. The summed E-state index contributed by atoms with van der Waals surface area (Å²) in [7, 11) is 0. The molecule has 0 radical (unpaired) electrons. The van der Waals surface area contributed by atoms with Crippen LogP contribution in [0.4, 0.5) is 0 Å². The summed E-state index contributed by atoms with van der Waals surface area (Å²) in [6.07, 6.45) is 1.05. The second kappa shape index (κ2) is 6.00. The highest BCUT2D eigenvalue weighted by Crippen LogP contribution is 2.38. The van der Waals surface area contributed by atoms with Crippen molar-refractivity contribution in [2.24, 2.45) is 0 Å². The van der Waals surface area contributed by atoms with Gasteiger partial charge in [-0.2, -0.15) is 0 Å². The first-order chi connectivity index (χ1) is 10.2. The Morgan fingerprint density at radius 3 is 2.43 bits per heavy atom. The van der Waals surface area contributed by atoms with Crippen LogP contribution in [0, 0.1) is 0 Å². The van der Waals surface area contributed by atoms with Gasteiger partial charge >= 0.3 is 0 Å². The molecule has 0 saturated heterocycles. The minimum absolute atomic E-state index is 0.0598. The fraction of sp³-hybridized carbons (Fsp3) is 0.368. The Labute approximate surface area is 127 Å². The summed E-state index contributed by atoms with van der Waals surface area (Å²) >= 11 is 0. The maximum absolute atomic E-state index is 9.97. The van der Waals surface area contributed by atoms with Crippen LogP contribution in [0.25, 0.3) is 0 Å². The lowest BCUT2D eigenvalue weighted by molar-refractivity contribution is 0.0444. The molecule has 110 valence electrons. The van der Waals surface area contributed by atoms with E-state index in [-0.39, 0.29) is 12.6 Å². The molecule has 3 atom stereocenters. The molecule has 0 spiro atoms. The van der Waals surface area contributed by atoms with Gasteiger partial charge in [-0.05, 0) is 37.0 Å². The first-order valence-corrected chi connectivity index (χ1v) is 7.73. The van der Waals surface area contributed by atoms with E-state index in [1.807, 2.05) is 18.2 Å². The fourth-order valence-electron chi connectivity index (χ4n) is 3.72. The summed E-state index contributed by atoms with van der Waals surface area (Å²) < 4.78 is 0. The molecule has 0 unspecified atom stereocenters. The Bertz CT molecular complexity index is 596. The highest BCUT2D eigenvalue weighted by Gasteiger charge is 2.34. The van der Waals surface area contributed by atoms with Crippen LogP contribution in [0.5, 0.6) is 0 Å². The predicted molar refractivity (Wildman–Crippen MR) is 86.1 cm³/mol. The molecule has 2 aromatic rings. The van der Waals surface area contributed by atoms with Crippen molar-refractivity contribution in [3.05, 3.63) is 71.3 Å². The Balaban J connectivity index is 1.98. The van der Waals surface area contributed by atoms with E-state index in [4.69, 9.17) is 0 Å². The minimum Gasteiger partial charge on any atom is -0.394 e. The van der Waals surface area contributed by atoms with Crippen LogP contribution in [-0.2, 0) is 6.42 Å². The third-order valence-electron chi connectivity index (χ3n) is 4.69. The van der Waals surface area contributed by atoms with Crippen molar-refractivity contribution in [1.82, 2.24) is 4.90 Å². The number of benzene rings is 2. The maximum atomic E-state index is 9.97. The molecule has 0 aliphatic carbocycles. The number of hydrogen-bond donors (Lipinski definition) is 1. The van der Waals surface area contributed by atoms with Crippen molar-refractivity contribution in [2.45, 2.75) is 38.4 Å². The third-order valence-corrected chi connectivity index (χ3v) is 4.69. The predicted octanol–water partition coefficient (Wildman–Crippen LogP) is 3.73. The molecule has 2 aromatic carbocycles. The number of rotatable bonds is 3. The zero-order chi connectivity index (χ0) is 14.8. The summed E-state index contributed by atoms with van der Waals surface area (Å²) in [4.78, 5) is 2.46. The van der Waals surface area contributed by atoms with Gasteiger partial charge < -0.3 is 5.11 Å². The summed E-state index contributed by atoms with van der Waals surface area (Å²) in [5.41, 5.74) is 4.03. The third kappa shape index (κ3) is 2.61. The van der Waals surface area contributed by atoms with Crippen LogP contribution >= 0.6 is 0 Å². The van der Waals surface area contributed by atoms with Gasteiger partial charge in [-0.25, -0.2) is 0 Å². The number of aliphatic hydroxyl groups excluding tert-OH is 1. The number of nitrogens with zero attached hydrogens (tertiary/aromatic N) is 1. The normalized spacial score (nSPS) is 23.6. The Kier molecular flexibility index (Phi) is 4.09. The van der Waals surface area contributed by atoms with Gasteiger partial charge in [0.05, 0.1) is 12.6 Å². The van der Waals surface area contributed by atoms with Gasteiger partial charge in [-0.1, -0.05) is 54.6 Å². The molecule has 0 bridgehead atoms. The van der Waals surface area contributed by atoms with Crippen molar-refractivity contribution >= 4 is 0 Å². The summed E-state index contributed by atoms with van der Waals surface area (Å²) in [5.74, 6) is 0. The quantitative estimate of drug-likeness (QED) is 0.926. The molecular formula is C19H23NO. The minimum atomic E-state index is 0.0598. The van der Waals surface area contributed by atoms with Gasteiger partial charge in [-0.3, -0.25) is 4.90 Å². The summed E-state index contributed by atoms with van der Waals surface area (Å²) in [5, 5.41) is 9.97. The monoisotopic (exact) mass is 281 g/mol. The number of fused-ring (bicyclic) bond motifs is 1. The molecular weight excluding hydrogens is 258 g/mol.